The SMILES string of the molecule is CC/C=C\C/C=C\C/C=C\C/C=C\CCCCCCCCCCCCCCCCCCC(=O)OCC(COC(=O)CCCCCCC)OC(=O)CCCCCCCCCCCCCCCCCCC. The van der Waals surface area contributed by atoms with E-state index in [1.54, 1.807) is 0 Å². The lowest BCUT2D eigenvalue weighted by molar-refractivity contribution is -0.167. The quantitative estimate of drug-likeness (QED) is 0.0262. The third-order valence-corrected chi connectivity index (χ3v) is 13.3. The van der Waals surface area contributed by atoms with Crippen molar-refractivity contribution in [3.63, 3.8) is 0 Å². The molecule has 0 aliphatic carbocycles. The van der Waals surface area contributed by atoms with Crippen LogP contribution in [0.25, 0.3) is 0 Å². The second-order valence-corrected chi connectivity index (χ2v) is 20.2. The van der Waals surface area contributed by atoms with Crippen LogP contribution in [0.2, 0.25) is 0 Å². The molecule has 0 aromatic heterocycles. The number of esters is 3. The predicted octanol–water partition coefficient (Wildman–Crippen LogP) is 20.2. The lowest BCUT2D eigenvalue weighted by atomic mass is 10.0. The van der Waals surface area contributed by atoms with Crippen LogP contribution in [0, 0.1) is 0 Å². The minimum atomic E-state index is -0.765. The lowest BCUT2D eigenvalue weighted by Crippen LogP contribution is -2.30. The zero-order valence-corrected chi connectivity index (χ0v) is 46.1. The Hall–Kier alpha value is -2.63. The van der Waals surface area contributed by atoms with E-state index in [0.29, 0.717) is 19.3 Å². The number of unbranched alkanes of at least 4 members (excludes halogenated alkanes) is 36. The minimum Gasteiger partial charge on any atom is -0.462 e. The Bertz CT molecular complexity index is 1200. The first kappa shape index (κ1) is 66.4. The predicted molar refractivity (Wildman–Crippen MR) is 298 cm³/mol. The van der Waals surface area contributed by atoms with E-state index in [-0.39, 0.29) is 31.1 Å². The Morgan fingerprint density at radius 2 is 0.565 bits per heavy atom. The Kier molecular flexibility index (Phi) is 55.7. The first-order valence-corrected chi connectivity index (χ1v) is 30.1. The molecule has 0 saturated heterocycles. The summed E-state index contributed by atoms with van der Waals surface area (Å²) in [6.07, 6.45) is 71.6. The largest absolute Gasteiger partial charge is 0.462 e. The second-order valence-electron chi connectivity index (χ2n) is 20.2. The van der Waals surface area contributed by atoms with Crippen molar-refractivity contribution in [2.24, 2.45) is 0 Å². The normalized spacial score (nSPS) is 12.3. The van der Waals surface area contributed by atoms with Crippen LogP contribution in [-0.2, 0) is 28.6 Å². The summed E-state index contributed by atoms with van der Waals surface area (Å²) in [7, 11) is 0. The Labute approximate surface area is 428 Å². The molecule has 402 valence electrons. The van der Waals surface area contributed by atoms with Gasteiger partial charge in [0.1, 0.15) is 13.2 Å². The lowest BCUT2D eigenvalue weighted by Gasteiger charge is -2.18. The van der Waals surface area contributed by atoms with Gasteiger partial charge in [0.25, 0.3) is 0 Å². The number of carbonyl (C=O) groups excluding carboxylic acids is 3. The van der Waals surface area contributed by atoms with Crippen molar-refractivity contribution in [1.82, 2.24) is 0 Å². The van der Waals surface area contributed by atoms with Crippen LogP contribution in [0.3, 0.4) is 0 Å². The highest BCUT2D eigenvalue weighted by atomic mass is 16.6. The summed E-state index contributed by atoms with van der Waals surface area (Å²) in [6.45, 7) is 6.49. The summed E-state index contributed by atoms with van der Waals surface area (Å²) < 4.78 is 16.7. The average molecular weight is 968 g/mol. The Morgan fingerprint density at radius 3 is 0.884 bits per heavy atom. The van der Waals surface area contributed by atoms with Gasteiger partial charge in [-0.1, -0.05) is 288 Å². The molecule has 0 heterocycles. The number of allylic oxidation sites excluding steroid dienone is 8. The van der Waals surface area contributed by atoms with Crippen molar-refractivity contribution in [2.75, 3.05) is 13.2 Å². The number of ether oxygens (including phenoxy) is 3. The summed E-state index contributed by atoms with van der Waals surface area (Å²) in [5.41, 5.74) is 0. The van der Waals surface area contributed by atoms with E-state index in [1.807, 2.05) is 0 Å². The zero-order chi connectivity index (χ0) is 50.0. The maximum Gasteiger partial charge on any atom is 0.306 e. The van der Waals surface area contributed by atoms with E-state index in [9.17, 15) is 14.4 Å². The van der Waals surface area contributed by atoms with Crippen LogP contribution in [0.1, 0.15) is 316 Å². The fourth-order valence-corrected chi connectivity index (χ4v) is 8.85. The fourth-order valence-electron chi connectivity index (χ4n) is 8.85. The Morgan fingerprint density at radius 1 is 0.304 bits per heavy atom. The first-order valence-electron chi connectivity index (χ1n) is 30.1. The molecule has 0 rings (SSSR count). The highest BCUT2D eigenvalue weighted by molar-refractivity contribution is 5.71. The molecule has 0 amide bonds. The van der Waals surface area contributed by atoms with E-state index >= 15 is 0 Å². The molecule has 0 aromatic rings. The molecule has 0 saturated carbocycles. The van der Waals surface area contributed by atoms with Crippen LogP contribution in [0.4, 0.5) is 0 Å². The highest BCUT2D eigenvalue weighted by Gasteiger charge is 2.19. The van der Waals surface area contributed by atoms with Crippen molar-refractivity contribution in [3.8, 4) is 0 Å². The van der Waals surface area contributed by atoms with E-state index in [0.717, 1.165) is 89.9 Å². The van der Waals surface area contributed by atoms with Crippen molar-refractivity contribution in [2.45, 2.75) is 322 Å². The van der Waals surface area contributed by atoms with Crippen molar-refractivity contribution in [3.05, 3.63) is 48.6 Å². The molecule has 0 fully saturated rings. The molecule has 6 nitrogen and oxygen atoms in total. The highest BCUT2D eigenvalue weighted by Crippen LogP contribution is 2.17. The van der Waals surface area contributed by atoms with Gasteiger partial charge >= 0.3 is 17.9 Å². The van der Waals surface area contributed by atoms with Gasteiger partial charge in [0.05, 0.1) is 0 Å². The molecular weight excluding hydrogens is 853 g/mol. The van der Waals surface area contributed by atoms with Gasteiger partial charge < -0.3 is 14.2 Å². The van der Waals surface area contributed by atoms with Crippen LogP contribution < -0.4 is 0 Å². The minimum absolute atomic E-state index is 0.0683. The van der Waals surface area contributed by atoms with Gasteiger partial charge in [-0.2, -0.15) is 0 Å². The third-order valence-electron chi connectivity index (χ3n) is 13.3. The van der Waals surface area contributed by atoms with Gasteiger partial charge in [-0.25, -0.2) is 0 Å². The summed E-state index contributed by atoms with van der Waals surface area (Å²) in [4.78, 5) is 37.8. The molecule has 0 aromatic carbocycles. The number of rotatable bonds is 55. The maximum atomic E-state index is 12.8. The number of hydrogen-bond donors (Lipinski definition) is 0. The molecule has 6 heteroatoms. The van der Waals surface area contributed by atoms with Gasteiger partial charge in [-0.05, 0) is 57.8 Å². The molecule has 0 aliphatic rings. The third kappa shape index (κ3) is 56.2. The second kappa shape index (κ2) is 57.9. The van der Waals surface area contributed by atoms with Crippen molar-refractivity contribution < 1.29 is 28.6 Å². The van der Waals surface area contributed by atoms with Crippen LogP contribution >= 0.6 is 0 Å². The van der Waals surface area contributed by atoms with E-state index in [1.165, 1.54) is 186 Å². The molecule has 0 bridgehead atoms. The van der Waals surface area contributed by atoms with E-state index in [2.05, 4.69) is 69.4 Å². The standard InChI is InChI=1S/C63H114O6/c1-4-7-10-13-15-17-19-21-23-25-26-27-28-29-30-31-32-33-34-35-36-38-39-41-43-45-47-50-53-56-62(65)68-59-60(58-67-61(64)55-52-49-12-9-6-3)69-63(66)57-54-51-48-46-44-42-40-37-24-22-20-18-16-14-11-8-5-2/h7,10,15,17,21,23,26-27,60H,4-6,8-9,11-14,16,18-20,22,24-25,28-59H2,1-3H3/b10-7-,17-15-,23-21-,27-26-. The first-order chi connectivity index (χ1) is 34.0. The molecular formula is C63H114O6. The van der Waals surface area contributed by atoms with E-state index in [4.69, 9.17) is 14.2 Å². The van der Waals surface area contributed by atoms with Crippen LogP contribution in [0.5, 0.6) is 0 Å². The summed E-state index contributed by atoms with van der Waals surface area (Å²) in [5.74, 6) is -0.865. The van der Waals surface area contributed by atoms with Crippen molar-refractivity contribution >= 4 is 17.9 Å². The molecule has 1 unspecified atom stereocenters. The van der Waals surface area contributed by atoms with Gasteiger partial charge in [0, 0.05) is 19.3 Å². The summed E-state index contributed by atoms with van der Waals surface area (Å²) in [6, 6.07) is 0. The molecule has 0 aliphatic heterocycles. The smallest absolute Gasteiger partial charge is 0.306 e. The number of hydrogen-bond acceptors (Lipinski definition) is 6. The molecule has 0 radical (unpaired) electrons. The summed E-state index contributed by atoms with van der Waals surface area (Å²) in [5, 5.41) is 0. The zero-order valence-electron chi connectivity index (χ0n) is 46.1. The Balaban J connectivity index is 3.97. The average Bonchev–Trinajstić information content (AvgIpc) is 3.35. The van der Waals surface area contributed by atoms with Gasteiger partial charge in [0.2, 0.25) is 0 Å². The van der Waals surface area contributed by atoms with Gasteiger partial charge in [0.15, 0.2) is 6.10 Å². The topological polar surface area (TPSA) is 78.9 Å². The van der Waals surface area contributed by atoms with E-state index < -0.39 is 6.10 Å². The van der Waals surface area contributed by atoms with Crippen LogP contribution in [0.15, 0.2) is 48.6 Å². The molecule has 1 atom stereocenters. The van der Waals surface area contributed by atoms with Crippen LogP contribution in [-0.4, -0.2) is 37.2 Å². The maximum absolute atomic E-state index is 12.8. The van der Waals surface area contributed by atoms with Crippen molar-refractivity contribution in [1.29, 1.82) is 0 Å². The number of carbonyl (C=O) groups is 3. The van der Waals surface area contributed by atoms with Gasteiger partial charge in [-0.3, -0.25) is 14.4 Å². The molecule has 0 N–H and O–H groups in total. The fraction of sp³-hybridized carbons (Fsp3) is 0.825. The molecule has 69 heavy (non-hydrogen) atoms. The summed E-state index contributed by atoms with van der Waals surface area (Å²) >= 11 is 0. The monoisotopic (exact) mass is 967 g/mol. The van der Waals surface area contributed by atoms with Gasteiger partial charge in [-0.15, -0.1) is 0 Å². The molecule has 0 spiro atoms.